The maximum atomic E-state index is 13.4. The molecular formula is C9H10F6N2O. The first-order valence-electron chi connectivity index (χ1n) is 5.24. The van der Waals surface area contributed by atoms with Crippen LogP contribution in [-0.4, -0.2) is 41.4 Å². The summed E-state index contributed by atoms with van der Waals surface area (Å²) in [5, 5.41) is -1.62. The smallest absolute Gasteiger partial charge is 0.376 e. The van der Waals surface area contributed by atoms with E-state index in [-0.39, 0.29) is 6.20 Å². The van der Waals surface area contributed by atoms with E-state index < -0.39 is 40.7 Å². The second-order valence-electron chi connectivity index (χ2n) is 4.09. The lowest BCUT2D eigenvalue weighted by Crippen LogP contribution is -2.62. The van der Waals surface area contributed by atoms with E-state index in [2.05, 4.69) is 0 Å². The molecule has 0 aromatic carbocycles. The summed E-state index contributed by atoms with van der Waals surface area (Å²) in [7, 11) is 0. The lowest BCUT2D eigenvalue weighted by molar-refractivity contribution is -0.374. The molecule has 1 fully saturated rings. The molecular weight excluding hydrogens is 266 g/mol. The topological polar surface area (TPSA) is 15.7 Å². The second kappa shape index (κ2) is 4.22. The zero-order chi connectivity index (χ0) is 13.6. The van der Waals surface area contributed by atoms with E-state index in [4.69, 9.17) is 4.74 Å². The Balaban J connectivity index is 2.23. The van der Waals surface area contributed by atoms with Crippen LogP contribution in [0.25, 0.3) is 0 Å². The van der Waals surface area contributed by atoms with E-state index in [9.17, 15) is 26.4 Å². The Bertz CT molecular complexity index is 355. The van der Waals surface area contributed by atoms with Crippen molar-refractivity contribution in [3.05, 3.63) is 12.2 Å². The van der Waals surface area contributed by atoms with Gasteiger partial charge in [-0.25, -0.2) is 0 Å². The van der Waals surface area contributed by atoms with Gasteiger partial charge >= 0.3 is 12.1 Å². The lowest BCUT2D eigenvalue weighted by Gasteiger charge is -2.41. The summed E-state index contributed by atoms with van der Waals surface area (Å²) in [6.07, 6.45) is -0.116. The Labute approximate surface area is 98.5 Å². The standard InChI is InChI=1S/C9H10F6N2O/c10-7-5-17(15)9(13,14)8(11,12)16(7)4-6-2-1-3-18-6/h5-6H,1-4H2. The fraction of sp³-hybridized carbons (Fsp3) is 0.778. The molecule has 1 atom stereocenters. The highest BCUT2D eigenvalue weighted by molar-refractivity contribution is 5.05. The van der Waals surface area contributed by atoms with Gasteiger partial charge in [-0.15, -0.1) is 5.12 Å². The molecule has 2 aliphatic heterocycles. The number of nitrogens with zero attached hydrogens (tertiary/aromatic N) is 2. The minimum Gasteiger partial charge on any atom is -0.376 e. The van der Waals surface area contributed by atoms with Crippen LogP contribution in [0.1, 0.15) is 12.8 Å². The zero-order valence-electron chi connectivity index (χ0n) is 9.05. The number of ether oxygens (including phenoxy) is 1. The third-order valence-electron chi connectivity index (χ3n) is 2.86. The number of hydrogen-bond donors (Lipinski definition) is 0. The highest BCUT2D eigenvalue weighted by atomic mass is 19.3. The third kappa shape index (κ3) is 1.90. The van der Waals surface area contributed by atoms with Gasteiger partial charge in [0, 0.05) is 6.61 Å². The quantitative estimate of drug-likeness (QED) is 0.438. The Morgan fingerprint density at radius 1 is 1.28 bits per heavy atom. The van der Waals surface area contributed by atoms with Crippen molar-refractivity contribution in [2.24, 2.45) is 0 Å². The molecule has 9 heteroatoms. The molecule has 0 aliphatic carbocycles. The second-order valence-corrected chi connectivity index (χ2v) is 4.09. The van der Waals surface area contributed by atoms with Crippen LogP contribution >= 0.6 is 0 Å². The van der Waals surface area contributed by atoms with Crippen LogP contribution in [0.2, 0.25) is 0 Å². The molecule has 0 bridgehead atoms. The first-order valence-corrected chi connectivity index (χ1v) is 5.24. The molecule has 2 rings (SSSR count). The summed E-state index contributed by atoms with van der Waals surface area (Å²) in [5.41, 5.74) is 0. The van der Waals surface area contributed by atoms with Crippen LogP contribution in [0.5, 0.6) is 0 Å². The van der Waals surface area contributed by atoms with Gasteiger partial charge in [0.15, 0.2) is 0 Å². The summed E-state index contributed by atoms with van der Waals surface area (Å²) in [4.78, 5) is -0.459. The maximum Gasteiger partial charge on any atom is 0.434 e. The highest BCUT2D eigenvalue weighted by Crippen LogP contribution is 2.46. The van der Waals surface area contributed by atoms with E-state index in [0.29, 0.717) is 19.4 Å². The lowest BCUT2D eigenvalue weighted by atomic mass is 10.2. The van der Waals surface area contributed by atoms with Crippen LogP contribution in [0.4, 0.5) is 26.4 Å². The fourth-order valence-electron chi connectivity index (χ4n) is 1.86. The van der Waals surface area contributed by atoms with Gasteiger partial charge in [0.05, 0.1) is 18.8 Å². The molecule has 0 saturated carbocycles. The average Bonchev–Trinajstić information content (AvgIpc) is 2.75. The molecule has 104 valence electrons. The molecule has 0 N–H and O–H groups in total. The van der Waals surface area contributed by atoms with Gasteiger partial charge < -0.3 is 4.74 Å². The van der Waals surface area contributed by atoms with Gasteiger partial charge in [0.1, 0.15) is 0 Å². The van der Waals surface area contributed by atoms with Gasteiger partial charge in [0.25, 0.3) is 0 Å². The van der Waals surface area contributed by atoms with Crippen molar-refractivity contribution < 1.29 is 31.2 Å². The molecule has 0 amide bonds. The monoisotopic (exact) mass is 276 g/mol. The van der Waals surface area contributed by atoms with Gasteiger partial charge in [0.2, 0.25) is 5.95 Å². The van der Waals surface area contributed by atoms with Crippen LogP contribution in [-0.2, 0) is 4.74 Å². The van der Waals surface area contributed by atoms with Crippen LogP contribution < -0.4 is 0 Å². The molecule has 0 spiro atoms. The number of hydrogen-bond acceptors (Lipinski definition) is 3. The van der Waals surface area contributed by atoms with Crippen molar-refractivity contribution >= 4 is 0 Å². The van der Waals surface area contributed by atoms with E-state index in [1.807, 2.05) is 0 Å². The van der Waals surface area contributed by atoms with Crippen molar-refractivity contribution in [2.75, 3.05) is 13.2 Å². The Morgan fingerprint density at radius 2 is 1.94 bits per heavy atom. The highest BCUT2D eigenvalue weighted by Gasteiger charge is 2.68. The number of halogens is 6. The Kier molecular flexibility index (Phi) is 3.12. The zero-order valence-corrected chi connectivity index (χ0v) is 9.05. The van der Waals surface area contributed by atoms with Crippen molar-refractivity contribution in [3.8, 4) is 0 Å². The van der Waals surface area contributed by atoms with Crippen molar-refractivity contribution in [1.29, 1.82) is 0 Å². The van der Waals surface area contributed by atoms with E-state index >= 15 is 0 Å². The van der Waals surface area contributed by atoms with Crippen molar-refractivity contribution in [1.82, 2.24) is 10.0 Å². The summed E-state index contributed by atoms with van der Waals surface area (Å²) in [6, 6.07) is -10.1. The Morgan fingerprint density at radius 3 is 2.50 bits per heavy atom. The van der Waals surface area contributed by atoms with Gasteiger partial charge in [-0.05, 0) is 12.8 Å². The van der Waals surface area contributed by atoms with Crippen LogP contribution in [0.3, 0.4) is 0 Å². The van der Waals surface area contributed by atoms with E-state index in [0.717, 1.165) is 0 Å². The SMILES string of the molecule is FC1=CN(F)C(F)(F)C(F)(F)N1CC1CCCO1. The fourth-order valence-corrected chi connectivity index (χ4v) is 1.86. The molecule has 1 saturated heterocycles. The largest absolute Gasteiger partial charge is 0.434 e. The summed E-state index contributed by atoms with van der Waals surface area (Å²) in [5.74, 6) is -1.76. The summed E-state index contributed by atoms with van der Waals surface area (Å²) >= 11 is 0. The predicted molar refractivity (Wildman–Crippen MR) is 47.7 cm³/mol. The minimum atomic E-state index is -5.12. The molecule has 2 aliphatic rings. The Hall–Kier alpha value is -1.12. The summed E-state index contributed by atoms with van der Waals surface area (Å²) in [6.45, 7) is -0.445. The normalized spacial score (nSPS) is 30.6. The van der Waals surface area contributed by atoms with Crippen LogP contribution in [0, 0.1) is 0 Å². The van der Waals surface area contributed by atoms with Crippen molar-refractivity contribution in [3.63, 3.8) is 0 Å². The molecule has 3 nitrogen and oxygen atoms in total. The first kappa shape index (κ1) is 13.3. The molecule has 0 radical (unpaired) electrons. The average molecular weight is 276 g/mol. The van der Waals surface area contributed by atoms with Gasteiger partial charge in [-0.1, -0.05) is 4.48 Å². The summed E-state index contributed by atoms with van der Waals surface area (Å²) < 4.78 is 83.5. The molecule has 0 aromatic heterocycles. The van der Waals surface area contributed by atoms with Gasteiger partial charge in [-0.3, -0.25) is 4.90 Å². The minimum absolute atomic E-state index is 0.299. The number of rotatable bonds is 2. The molecule has 18 heavy (non-hydrogen) atoms. The van der Waals surface area contributed by atoms with E-state index in [1.54, 1.807) is 0 Å². The van der Waals surface area contributed by atoms with E-state index in [1.165, 1.54) is 0 Å². The third-order valence-corrected chi connectivity index (χ3v) is 2.86. The van der Waals surface area contributed by atoms with Crippen molar-refractivity contribution in [2.45, 2.75) is 31.0 Å². The maximum absolute atomic E-state index is 13.4. The molecule has 1 unspecified atom stereocenters. The number of alkyl halides is 4. The predicted octanol–water partition coefficient (Wildman–Crippen LogP) is 2.62. The van der Waals surface area contributed by atoms with Crippen LogP contribution in [0.15, 0.2) is 12.2 Å². The van der Waals surface area contributed by atoms with Gasteiger partial charge in [-0.2, -0.15) is 22.0 Å². The molecule has 2 heterocycles. The first-order chi connectivity index (χ1) is 8.26. The molecule has 0 aromatic rings.